The van der Waals surface area contributed by atoms with E-state index in [1.807, 2.05) is 32.4 Å². The second-order valence-electron chi connectivity index (χ2n) is 5.56. The molecule has 114 valence electrons. The van der Waals surface area contributed by atoms with E-state index < -0.39 is 6.16 Å². The quantitative estimate of drug-likeness (QED) is 0.678. The van der Waals surface area contributed by atoms with E-state index in [9.17, 15) is 4.79 Å². The SMILES string of the molecule is CC(C)OC(=O)Oc1cccc2[nH]cc(CCN(C)C)c12. The van der Waals surface area contributed by atoms with Crippen molar-refractivity contribution >= 4 is 17.1 Å². The van der Waals surface area contributed by atoms with Crippen LogP contribution in [0.25, 0.3) is 10.9 Å². The van der Waals surface area contributed by atoms with Gasteiger partial charge in [0.15, 0.2) is 0 Å². The maximum atomic E-state index is 11.7. The Bertz CT molecular complexity index is 617. The molecule has 5 nitrogen and oxygen atoms in total. The average molecular weight is 290 g/mol. The highest BCUT2D eigenvalue weighted by atomic mass is 16.7. The first kappa shape index (κ1) is 15.4. The van der Waals surface area contributed by atoms with Gasteiger partial charge in [0.25, 0.3) is 0 Å². The van der Waals surface area contributed by atoms with Crippen LogP contribution in [-0.2, 0) is 11.2 Å². The molecule has 2 aromatic rings. The molecule has 0 unspecified atom stereocenters. The Morgan fingerprint density at radius 1 is 1.33 bits per heavy atom. The number of rotatable bonds is 5. The van der Waals surface area contributed by atoms with E-state index in [1.165, 1.54) is 0 Å². The van der Waals surface area contributed by atoms with Crippen molar-refractivity contribution in [1.29, 1.82) is 0 Å². The molecule has 0 spiro atoms. The highest BCUT2D eigenvalue weighted by molar-refractivity contribution is 5.90. The molecule has 0 atom stereocenters. The molecule has 0 saturated carbocycles. The number of aromatic nitrogens is 1. The van der Waals surface area contributed by atoms with Gasteiger partial charge in [0.2, 0.25) is 0 Å². The van der Waals surface area contributed by atoms with E-state index in [2.05, 4.69) is 9.88 Å². The topological polar surface area (TPSA) is 54.6 Å². The normalized spacial score (nSPS) is 11.3. The summed E-state index contributed by atoms with van der Waals surface area (Å²) in [6.45, 7) is 4.51. The van der Waals surface area contributed by atoms with Crippen molar-refractivity contribution in [2.75, 3.05) is 20.6 Å². The first-order valence-corrected chi connectivity index (χ1v) is 7.09. The molecule has 1 aromatic carbocycles. The number of nitrogens with one attached hydrogen (secondary N) is 1. The first-order valence-electron chi connectivity index (χ1n) is 7.09. The number of H-pyrrole nitrogens is 1. The van der Waals surface area contributed by atoms with Gasteiger partial charge in [-0.15, -0.1) is 0 Å². The van der Waals surface area contributed by atoms with Crippen molar-refractivity contribution in [2.24, 2.45) is 0 Å². The Kier molecular flexibility index (Phi) is 4.85. The van der Waals surface area contributed by atoms with Crippen molar-refractivity contribution in [3.05, 3.63) is 30.0 Å². The van der Waals surface area contributed by atoms with Crippen LogP contribution in [0.4, 0.5) is 4.79 Å². The molecule has 2 rings (SSSR count). The highest BCUT2D eigenvalue weighted by Gasteiger charge is 2.14. The fourth-order valence-corrected chi connectivity index (χ4v) is 2.15. The summed E-state index contributed by atoms with van der Waals surface area (Å²) in [5, 5.41) is 0.944. The van der Waals surface area contributed by atoms with Crippen molar-refractivity contribution in [2.45, 2.75) is 26.4 Å². The minimum absolute atomic E-state index is 0.198. The lowest BCUT2D eigenvalue weighted by atomic mass is 10.1. The van der Waals surface area contributed by atoms with Gasteiger partial charge in [0.1, 0.15) is 5.75 Å². The molecule has 1 N–H and O–H groups in total. The average Bonchev–Trinajstić information content (AvgIpc) is 2.79. The van der Waals surface area contributed by atoms with Crippen LogP contribution < -0.4 is 4.74 Å². The second kappa shape index (κ2) is 6.63. The van der Waals surface area contributed by atoms with E-state index >= 15 is 0 Å². The van der Waals surface area contributed by atoms with Crippen LogP contribution in [0.3, 0.4) is 0 Å². The number of carbonyl (C=O) groups is 1. The number of fused-ring (bicyclic) bond motifs is 1. The molecule has 21 heavy (non-hydrogen) atoms. The molecule has 0 aliphatic rings. The summed E-state index contributed by atoms with van der Waals surface area (Å²) in [5.74, 6) is 0.535. The van der Waals surface area contributed by atoms with E-state index in [1.54, 1.807) is 19.9 Å². The molecule has 0 saturated heterocycles. The Morgan fingerprint density at radius 2 is 2.10 bits per heavy atom. The third-order valence-corrected chi connectivity index (χ3v) is 3.10. The number of ether oxygens (including phenoxy) is 2. The van der Waals surface area contributed by atoms with Gasteiger partial charge in [-0.25, -0.2) is 4.79 Å². The van der Waals surface area contributed by atoms with Crippen LogP contribution in [0.2, 0.25) is 0 Å². The fourth-order valence-electron chi connectivity index (χ4n) is 2.15. The highest BCUT2D eigenvalue weighted by Crippen LogP contribution is 2.29. The third-order valence-electron chi connectivity index (χ3n) is 3.10. The summed E-state index contributed by atoms with van der Waals surface area (Å²) < 4.78 is 10.4. The lowest BCUT2D eigenvalue weighted by Gasteiger charge is -2.11. The van der Waals surface area contributed by atoms with Gasteiger partial charge in [-0.2, -0.15) is 0 Å². The monoisotopic (exact) mass is 290 g/mol. The van der Waals surface area contributed by atoms with Crippen molar-refractivity contribution in [1.82, 2.24) is 9.88 Å². The van der Waals surface area contributed by atoms with Crippen LogP contribution in [0.15, 0.2) is 24.4 Å². The number of aromatic amines is 1. The molecule has 0 fully saturated rings. The van der Waals surface area contributed by atoms with Gasteiger partial charge in [-0.1, -0.05) is 6.07 Å². The van der Waals surface area contributed by atoms with Gasteiger partial charge >= 0.3 is 6.16 Å². The molecule has 0 aliphatic heterocycles. The van der Waals surface area contributed by atoms with Crippen LogP contribution >= 0.6 is 0 Å². The Labute approximate surface area is 124 Å². The lowest BCUT2D eigenvalue weighted by Crippen LogP contribution is -2.16. The molecule has 5 heteroatoms. The predicted molar refractivity (Wildman–Crippen MR) is 82.8 cm³/mol. The maximum Gasteiger partial charge on any atom is 0.514 e. The largest absolute Gasteiger partial charge is 0.514 e. The second-order valence-corrected chi connectivity index (χ2v) is 5.56. The number of carbonyl (C=O) groups excluding carboxylic acids is 1. The first-order chi connectivity index (χ1) is 9.97. The van der Waals surface area contributed by atoms with Gasteiger partial charge < -0.3 is 19.4 Å². The van der Waals surface area contributed by atoms with E-state index in [-0.39, 0.29) is 6.10 Å². The van der Waals surface area contributed by atoms with Crippen molar-refractivity contribution in [3.63, 3.8) is 0 Å². The minimum Gasteiger partial charge on any atom is -0.431 e. The van der Waals surface area contributed by atoms with E-state index in [0.29, 0.717) is 5.75 Å². The molecule has 0 bridgehead atoms. The lowest BCUT2D eigenvalue weighted by molar-refractivity contribution is 0.0733. The van der Waals surface area contributed by atoms with Crippen LogP contribution in [0, 0.1) is 0 Å². The molecule has 0 radical (unpaired) electrons. The van der Waals surface area contributed by atoms with Crippen LogP contribution in [0.1, 0.15) is 19.4 Å². The van der Waals surface area contributed by atoms with Crippen LogP contribution in [0.5, 0.6) is 5.75 Å². The standard InChI is InChI=1S/C16H22N2O3/c1-11(2)20-16(19)21-14-7-5-6-13-15(14)12(10-17-13)8-9-18(3)4/h5-7,10-11,17H,8-9H2,1-4H3. The maximum absolute atomic E-state index is 11.7. The van der Waals surface area contributed by atoms with Crippen molar-refractivity contribution < 1.29 is 14.3 Å². The number of likely N-dealkylation sites (N-methyl/N-ethyl adjacent to an activating group) is 1. The Morgan fingerprint density at radius 3 is 2.76 bits per heavy atom. The predicted octanol–water partition coefficient (Wildman–Crippen LogP) is 3.20. The zero-order valence-electron chi connectivity index (χ0n) is 13.0. The molecule has 1 heterocycles. The zero-order valence-corrected chi connectivity index (χ0v) is 13.0. The fraction of sp³-hybridized carbons (Fsp3) is 0.438. The van der Waals surface area contributed by atoms with Gasteiger partial charge in [0.05, 0.1) is 6.10 Å². The number of hydrogen-bond donors (Lipinski definition) is 1. The summed E-state index contributed by atoms with van der Waals surface area (Å²) in [7, 11) is 4.07. The van der Waals surface area contributed by atoms with Gasteiger partial charge in [-0.05, 0) is 52.1 Å². The smallest absolute Gasteiger partial charge is 0.431 e. The van der Waals surface area contributed by atoms with E-state index in [4.69, 9.17) is 9.47 Å². The molecule has 0 amide bonds. The number of nitrogens with zero attached hydrogens (tertiary/aromatic N) is 1. The summed E-state index contributed by atoms with van der Waals surface area (Å²) >= 11 is 0. The molecule has 1 aromatic heterocycles. The minimum atomic E-state index is -0.669. The van der Waals surface area contributed by atoms with Gasteiger partial charge in [0, 0.05) is 23.6 Å². The Balaban J connectivity index is 2.26. The van der Waals surface area contributed by atoms with Crippen LogP contribution in [-0.4, -0.2) is 42.8 Å². The number of hydrogen-bond acceptors (Lipinski definition) is 4. The zero-order chi connectivity index (χ0) is 15.4. The summed E-state index contributed by atoms with van der Waals surface area (Å²) in [6, 6.07) is 5.61. The third kappa shape index (κ3) is 3.98. The van der Waals surface area contributed by atoms with E-state index in [0.717, 1.165) is 29.4 Å². The molecule has 0 aliphatic carbocycles. The summed E-state index contributed by atoms with van der Waals surface area (Å²) in [4.78, 5) is 17.0. The summed E-state index contributed by atoms with van der Waals surface area (Å²) in [6.07, 6.45) is 1.98. The molecular formula is C16H22N2O3. The van der Waals surface area contributed by atoms with Crippen molar-refractivity contribution in [3.8, 4) is 5.75 Å². The Hall–Kier alpha value is -2.01. The van der Waals surface area contributed by atoms with Gasteiger partial charge in [-0.3, -0.25) is 0 Å². The molecular weight excluding hydrogens is 268 g/mol. The summed E-state index contributed by atoms with van der Waals surface area (Å²) in [5.41, 5.74) is 2.09. The number of benzene rings is 1.